The van der Waals surface area contributed by atoms with E-state index in [-0.39, 0.29) is 19.2 Å². The molecule has 176 valence electrons. The molecule has 1 unspecified atom stereocenters. The summed E-state index contributed by atoms with van der Waals surface area (Å²) < 4.78 is 6.60. The third-order valence-corrected chi connectivity index (χ3v) is 6.78. The largest absolute Gasteiger partial charge is 0.326 e. The average molecular weight is 475 g/mol. The van der Waals surface area contributed by atoms with Crippen molar-refractivity contribution < 1.29 is 19.1 Å². The SMILES string of the molecule is O=C1c2ccccc2C(=O)N1COC1(c2ccccc2)c2ccccc2C(=O)N1Cc1ccccc1. The van der Waals surface area contributed by atoms with E-state index in [1.807, 2.05) is 78.9 Å². The van der Waals surface area contributed by atoms with Crippen molar-refractivity contribution in [1.29, 1.82) is 0 Å². The Bertz CT molecular complexity index is 1450. The molecule has 0 aromatic heterocycles. The number of fused-ring (bicyclic) bond motifs is 2. The van der Waals surface area contributed by atoms with Gasteiger partial charge in [0.1, 0.15) is 6.73 Å². The Balaban J connectivity index is 1.46. The Hall–Kier alpha value is -4.55. The molecule has 4 aromatic rings. The molecule has 2 heterocycles. The maximum absolute atomic E-state index is 13.8. The summed E-state index contributed by atoms with van der Waals surface area (Å²) in [6, 6.07) is 33.2. The molecular weight excluding hydrogens is 452 g/mol. The van der Waals surface area contributed by atoms with Gasteiger partial charge in [0.2, 0.25) is 0 Å². The van der Waals surface area contributed by atoms with Gasteiger partial charge in [-0.15, -0.1) is 0 Å². The normalized spacial score (nSPS) is 18.5. The van der Waals surface area contributed by atoms with Crippen molar-refractivity contribution >= 4 is 17.7 Å². The second-order valence-corrected chi connectivity index (χ2v) is 8.79. The van der Waals surface area contributed by atoms with Crippen LogP contribution in [0.15, 0.2) is 109 Å². The van der Waals surface area contributed by atoms with Crippen LogP contribution >= 0.6 is 0 Å². The summed E-state index contributed by atoms with van der Waals surface area (Å²) in [5, 5.41) is 0. The first-order valence-electron chi connectivity index (χ1n) is 11.7. The first-order chi connectivity index (χ1) is 17.6. The van der Waals surface area contributed by atoms with Crippen LogP contribution in [0, 0.1) is 0 Å². The minimum absolute atomic E-state index is 0.180. The molecule has 6 nitrogen and oxygen atoms in total. The van der Waals surface area contributed by atoms with Crippen molar-refractivity contribution in [1.82, 2.24) is 9.80 Å². The minimum Gasteiger partial charge on any atom is -0.326 e. The molecule has 2 aliphatic rings. The lowest BCUT2D eigenvalue weighted by atomic mass is 9.93. The fourth-order valence-corrected chi connectivity index (χ4v) is 5.08. The molecule has 1 atom stereocenters. The summed E-state index contributed by atoms with van der Waals surface area (Å²) >= 11 is 0. The highest BCUT2D eigenvalue weighted by Crippen LogP contribution is 2.46. The van der Waals surface area contributed by atoms with Crippen LogP contribution in [0.5, 0.6) is 0 Å². The summed E-state index contributed by atoms with van der Waals surface area (Å²) in [6.45, 7) is -0.0283. The van der Waals surface area contributed by atoms with Crippen LogP contribution in [0.4, 0.5) is 0 Å². The number of rotatable bonds is 6. The Morgan fingerprint density at radius 2 is 1.11 bits per heavy atom. The van der Waals surface area contributed by atoms with Crippen LogP contribution in [0.2, 0.25) is 0 Å². The Morgan fingerprint density at radius 3 is 1.75 bits per heavy atom. The number of carbonyl (C=O) groups excluding carboxylic acids is 3. The lowest BCUT2D eigenvalue weighted by Crippen LogP contribution is -2.49. The van der Waals surface area contributed by atoms with E-state index in [1.54, 1.807) is 35.2 Å². The molecule has 0 radical (unpaired) electrons. The van der Waals surface area contributed by atoms with Gasteiger partial charge in [0, 0.05) is 23.2 Å². The smallest absolute Gasteiger partial charge is 0.263 e. The van der Waals surface area contributed by atoms with Crippen LogP contribution in [0.1, 0.15) is 47.8 Å². The van der Waals surface area contributed by atoms with E-state index in [1.165, 1.54) is 0 Å². The van der Waals surface area contributed by atoms with Crippen molar-refractivity contribution in [2.45, 2.75) is 12.3 Å². The molecule has 0 aliphatic carbocycles. The molecular formula is C30H22N2O4. The molecule has 3 amide bonds. The Kier molecular flexibility index (Phi) is 5.24. The highest BCUT2D eigenvalue weighted by atomic mass is 16.5. The first kappa shape index (κ1) is 21.9. The van der Waals surface area contributed by atoms with Crippen LogP contribution in [-0.4, -0.2) is 34.3 Å². The minimum atomic E-state index is -1.33. The number of hydrogen-bond acceptors (Lipinski definition) is 4. The molecule has 0 N–H and O–H groups in total. The topological polar surface area (TPSA) is 66.9 Å². The molecule has 0 saturated carbocycles. The quantitative estimate of drug-likeness (QED) is 0.376. The van der Waals surface area contributed by atoms with Gasteiger partial charge in [-0.1, -0.05) is 91.0 Å². The zero-order valence-corrected chi connectivity index (χ0v) is 19.3. The van der Waals surface area contributed by atoms with Crippen LogP contribution < -0.4 is 0 Å². The van der Waals surface area contributed by atoms with Gasteiger partial charge in [-0.05, 0) is 23.8 Å². The van der Waals surface area contributed by atoms with E-state index in [9.17, 15) is 14.4 Å². The standard InChI is InChI=1S/C30H22N2O4/c33-27-23-15-7-8-16-24(23)28(34)31(27)20-36-30(22-13-5-2-6-14-22)26-18-10-9-17-25(26)29(35)32(30)19-21-11-3-1-4-12-21/h1-18H,19-20H2. The molecule has 36 heavy (non-hydrogen) atoms. The van der Waals surface area contributed by atoms with Gasteiger partial charge in [0.05, 0.1) is 11.1 Å². The van der Waals surface area contributed by atoms with Crippen LogP contribution in [0.25, 0.3) is 0 Å². The number of nitrogens with zero attached hydrogens (tertiary/aromatic N) is 2. The van der Waals surface area contributed by atoms with Crippen molar-refractivity contribution in [2.24, 2.45) is 0 Å². The van der Waals surface area contributed by atoms with Gasteiger partial charge in [0.15, 0.2) is 5.72 Å². The molecule has 4 aromatic carbocycles. The van der Waals surface area contributed by atoms with Crippen molar-refractivity contribution in [3.05, 3.63) is 143 Å². The molecule has 0 saturated heterocycles. The predicted octanol–water partition coefficient (Wildman–Crippen LogP) is 4.81. The number of imide groups is 1. The summed E-state index contributed by atoms with van der Waals surface area (Å²) in [5.74, 6) is -1.00. The Labute approximate surface area is 208 Å². The van der Waals surface area contributed by atoms with Crippen LogP contribution in [-0.2, 0) is 17.0 Å². The van der Waals surface area contributed by atoms with Gasteiger partial charge >= 0.3 is 0 Å². The zero-order chi connectivity index (χ0) is 24.7. The highest BCUT2D eigenvalue weighted by Gasteiger charge is 2.53. The molecule has 0 bridgehead atoms. The van der Waals surface area contributed by atoms with Gasteiger partial charge in [-0.25, -0.2) is 4.90 Å². The average Bonchev–Trinajstić information content (AvgIpc) is 3.32. The number of hydrogen-bond donors (Lipinski definition) is 0. The molecule has 0 fully saturated rings. The second kappa shape index (κ2) is 8.59. The Morgan fingerprint density at radius 1 is 0.583 bits per heavy atom. The van der Waals surface area contributed by atoms with E-state index >= 15 is 0 Å². The van der Waals surface area contributed by atoms with E-state index in [2.05, 4.69) is 0 Å². The third-order valence-electron chi connectivity index (χ3n) is 6.78. The first-order valence-corrected chi connectivity index (χ1v) is 11.7. The number of ether oxygens (including phenoxy) is 1. The monoisotopic (exact) mass is 474 g/mol. The third kappa shape index (κ3) is 3.26. The van der Waals surface area contributed by atoms with Crippen LogP contribution in [0.3, 0.4) is 0 Å². The van der Waals surface area contributed by atoms with Gasteiger partial charge in [-0.3, -0.25) is 19.3 Å². The fraction of sp³-hybridized carbons (Fsp3) is 0.100. The van der Waals surface area contributed by atoms with Gasteiger partial charge in [0.25, 0.3) is 17.7 Å². The molecule has 0 spiro atoms. The van der Waals surface area contributed by atoms with E-state index in [4.69, 9.17) is 4.74 Å². The predicted molar refractivity (Wildman–Crippen MR) is 133 cm³/mol. The lowest BCUT2D eigenvalue weighted by Gasteiger charge is -2.40. The maximum atomic E-state index is 13.8. The maximum Gasteiger partial charge on any atom is 0.263 e. The lowest BCUT2D eigenvalue weighted by molar-refractivity contribution is -0.131. The van der Waals surface area contributed by atoms with Crippen molar-refractivity contribution in [2.75, 3.05) is 6.73 Å². The number of amides is 3. The highest BCUT2D eigenvalue weighted by molar-refractivity contribution is 6.21. The van der Waals surface area contributed by atoms with E-state index in [0.717, 1.165) is 16.0 Å². The van der Waals surface area contributed by atoms with E-state index in [0.29, 0.717) is 22.3 Å². The summed E-state index contributed by atoms with van der Waals surface area (Å²) in [6.07, 6.45) is 0. The second-order valence-electron chi connectivity index (χ2n) is 8.79. The summed E-state index contributed by atoms with van der Waals surface area (Å²) in [5.41, 5.74) is 2.24. The van der Waals surface area contributed by atoms with Gasteiger partial charge in [-0.2, -0.15) is 0 Å². The van der Waals surface area contributed by atoms with E-state index < -0.39 is 17.5 Å². The molecule has 2 aliphatic heterocycles. The zero-order valence-electron chi connectivity index (χ0n) is 19.3. The molecule has 6 rings (SSSR count). The number of benzene rings is 4. The van der Waals surface area contributed by atoms with Gasteiger partial charge < -0.3 is 4.74 Å². The summed E-state index contributed by atoms with van der Waals surface area (Å²) in [7, 11) is 0. The molecule has 6 heteroatoms. The van der Waals surface area contributed by atoms with Crippen molar-refractivity contribution in [3.63, 3.8) is 0 Å². The van der Waals surface area contributed by atoms with Crippen molar-refractivity contribution in [3.8, 4) is 0 Å². The number of carbonyl (C=O) groups is 3. The summed E-state index contributed by atoms with van der Waals surface area (Å²) in [4.78, 5) is 42.7. The fourth-order valence-electron chi connectivity index (χ4n) is 5.08.